The molecule has 0 spiro atoms. The van der Waals surface area contributed by atoms with Gasteiger partial charge in [0.15, 0.2) is 12.2 Å². The van der Waals surface area contributed by atoms with Crippen LogP contribution in [0.1, 0.15) is 17.5 Å². The van der Waals surface area contributed by atoms with Gasteiger partial charge in [0.05, 0.1) is 23.8 Å². The molecule has 0 unspecified atom stereocenters. The van der Waals surface area contributed by atoms with Crippen molar-refractivity contribution in [3.8, 4) is 45.6 Å². The molecule has 1 amide bonds. The Labute approximate surface area is 196 Å². The minimum atomic E-state index is -0.123. The molecule has 5 rings (SSSR count). The molecule has 9 nitrogen and oxygen atoms in total. The van der Waals surface area contributed by atoms with Crippen molar-refractivity contribution in [3.05, 3.63) is 78.6 Å². The third-order valence-corrected chi connectivity index (χ3v) is 5.25. The molecule has 5 aromatic rings. The van der Waals surface area contributed by atoms with Crippen LogP contribution in [-0.4, -0.2) is 50.1 Å². The van der Waals surface area contributed by atoms with Crippen molar-refractivity contribution in [2.45, 2.75) is 6.92 Å². The van der Waals surface area contributed by atoms with E-state index in [4.69, 9.17) is 13.8 Å². The molecule has 0 saturated heterocycles. The first-order valence-corrected chi connectivity index (χ1v) is 10.5. The van der Waals surface area contributed by atoms with Crippen LogP contribution in [0.2, 0.25) is 0 Å². The number of nitrogens with zero attached hydrogens (tertiary/aromatic N) is 6. The number of hydrogen-bond donors (Lipinski definition) is 0. The number of benzene rings is 2. The highest BCUT2D eigenvalue weighted by atomic mass is 16.4. The highest BCUT2D eigenvalue weighted by Crippen LogP contribution is 2.34. The van der Waals surface area contributed by atoms with Crippen LogP contribution in [0.25, 0.3) is 45.6 Å². The smallest absolute Gasteiger partial charge is 0.268 e. The van der Waals surface area contributed by atoms with Gasteiger partial charge in [-0.25, -0.2) is 9.97 Å². The summed E-state index contributed by atoms with van der Waals surface area (Å²) in [4.78, 5) is 27.4. The fourth-order valence-electron chi connectivity index (χ4n) is 3.51. The highest BCUT2D eigenvalue weighted by Gasteiger charge is 2.20. The molecule has 0 bridgehead atoms. The zero-order valence-electron chi connectivity index (χ0n) is 18.8. The predicted molar refractivity (Wildman–Crippen MR) is 127 cm³/mol. The molecule has 0 aliphatic heterocycles. The third-order valence-electron chi connectivity index (χ3n) is 5.25. The Morgan fingerprint density at radius 1 is 0.971 bits per heavy atom. The maximum Gasteiger partial charge on any atom is 0.268 e. The number of carbonyl (C=O) groups excluding carboxylic acids is 1. The molecule has 0 fully saturated rings. The van der Waals surface area contributed by atoms with Crippen molar-refractivity contribution in [2.75, 3.05) is 14.1 Å². The lowest BCUT2D eigenvalue weighted by atomic mass is 9.99. The van der Waals surface area contributed by atoms with Crippen molar-refractivity contribution in [2.24, 2.45) is 0 Å². The number of carbonyl (C=O) groups is 1. The molecule has 34 heavy (non-hydrogen) atoms. The Balaban J connectivity index is 0.00000289. The van der Waals surface area contributed by atoms with Crippen LogP contribution in [-0.2, 0) is 0 Å². The van der Waals surface area contributed by atoms with Crippen LogP contribution in [0.5, 0.6) is 0 Å². The fourth-order valence-corrected chi connectivity index (χ4v) is 3.51. The van der Waals surface area contributed by atoms with Gasteiger partial charge in [0.1, 0.15) is 5.69 Å². The molecule has 2 aromatic carbocycles. The summed E-state index contributed by atoms with van der Waals surface area (Å²) in [6.07, 6.45) is 4.60. The molecule has 9 heteroatoms. The predicted octanol–water partition coefficient (Wildman–Crippen LogP) is 4.77. The lowest BCUT2D eigenvalue weighted by Gasteiger charge is -2.13. The maximum atomic E-state index is 12.5. The standard InChI is InChI=1S/C25H20N6O3.H2/c1-15-22(24-30-29-23(34-24)16-7-5-4-6-8-16)28-20(12-27-15)18-10-9-17(25(32)31(2)3)11-19(18)21-13-26-14-33-21;/h4-14H,1-3H3;1H. The fraction of sp³-hybridized carbons (Fsp3) is 0.120. The maximum absolute atomic E-state index is 12.5. The second kappa shape index (κ2) is 8.70. The molecule has 0 radical (unpaired) electrons. The van der Waals surface area contributed by atoms with E-state index in [1.165, 1.54) is 11.3 Å². The van der Waals surface area contributed by atoms with Gasteiger partial charge in [-0.2, -0.15) is 0 Å². The summed E-state index contributed by atoms with van der Waals surface area (Å²) in [5, 5.41) is 8.35. The van der Waals surface area contributed by atoms with Gasteiger partial charge in [-0.3, -0.25) is 9.78 Å². The van der Waals surface area contributed by atoms with Crippen molar-refractivity contribution in [1.82, 2.24) is 30.0 Å². The van der Waals surface area contributed by atoms with Crippen molar-refractivity contribution < 1.29 is 15.1 Å². The minimum Gasteiger partial charge on any atom is -0.443 e. The van der Waals surface area contributed by atoms with Gasteiger partial charge < -0.3 is 13.7 Å². The molecule has 0 aliphatic rings. The first-order chi connectivity index (χ1) is 16.5. The normalized spacial score (nSPS) is 10.9. The largest absolute Gasteiger partial charge is 0.443 e. The summed E-state index contributed by atoms with van der Waals surface area (Å²) >= 11 is 0. The van der Waals surface area contributed by atoms with Gasteiger partial charge >= 0.3 is 0 Å². The van der Waals surface area contributed by atoms with Gasteiger partial charge in [-0.1, -0.05) is 24.3 Å². The molecule has 3 heterocycles. The van der Waals surface area contributed by atoms with Crippen LogP contribution < -0.4 is 0 Å². The number of aromatic nitrogens is 5. The van der Waals surface area contributed by atoms with Gasteiger partial charge in [-0.15, -0.1) is 10.2 Å². The van der Waals surface area contributed by atoms with Crippen LogP contribution >= 0.6 is 0 Å². The van der Waals surface area contributed by atoms with E-state index >= 15 is 0 Å². The van der Waals surface area contributed by atoms with Gasteiger partial charge in [0, 0.05) is 37.8 Å². The highest BCUT2D eigenvalue weighted by molar-refractivity contribution is 5.96. The number of rotatable bonds is 5. The molecular formula is C25H22N6O3. The van der Waals surface area contributed by atoms with Crippen LogP contribution in [0.15, 0.2) is 76.2 Å². The SMILES string of the molecule is Cc1ncc(-c2ccc(C(=O)N(C)C)cc2-c2cnco2)nc1-c1nnc(-c2ccccc2)o1.[HH]. The van der Waals surface area contributed by atoms with Crippen LogP contribution in [0.3, 0.4) is 0 Å². The molecule has 3 aromatic heterocycles. The number of hydrogen-bond acceptors (Lipinski definition) is 8. The second-order valence-corrected chi connectivity index (χ2v) is 7.79. The van der Waals surface area contributed by atoms with E-state index < -0.39 is 0 Å². The van der Waals surface area contributed by atoms with Crippen molar-refractivity contribution >= 4 is 5.91 Å². The van der Waals surface area contributed by atoms with Crippen molar-refractivity contribution in [3.63, 3.8) is 0 Å². The topological polar surface area (TPSA) is 111 Å². The monoisotopic (exact) mass is 454 g/mol. The van der Waals surface area contributed by atoms with Crippen LogP contribution in [0.4, 0.5) is 0 Å². The van der Waals surface area contributed by atoms with E-state index in [0.717, 1.165) is 11.1 Å². The Kier molecular flexibility index (Phi) is 5.43. The summed E-state index contributed by atoms with van der Waals surface area (Å²) in [6, 6.07) is 14.9. The summed E-state index contributed by atoms with van der Waals surface area (Å²) in [5.41, 5.74) is 4.42. The van der Waals surface area contributed by atoms with E-state index in [0.29, 0.717) is 39.9 Å². The Morgan fingerprint density at radius 3 is 2.50 bits per heavy atom. The molecule has 0 atom stereocenters. The molecule has 170 valence electrons. The summed E-state index contributed by atoms with van der Waals surface area (Å²) < 4.78 is 11.4. The zero-order valence-corrected chi connectivity index (χ0v) is 18.8. The summed E-state index contributed by atoms with van der Waals surface area (Å²) in [6.45, 7) is 1.83. The first kappa shape index (κ1) is 21.2. The summed E-state index contributed by atoms with van der Waals surface area (Å²) in [7, 11) is 3.41. The quantitative estimate of drug-likeness (QED) is 0.373. The minimum absolute atomic E-state index is 0. The lowest BCUT2D eigenvalue weighted by Crippen LogP contribution is -2.21. The van der Waals surface area contributed by atoms with E-state index in [-0.39, 0.29) is 13.2 Å². The van der Waals surface area contributed by atoms with E-state index in [2.05, 4.69) is 20.2 Å². The molecule has 0 N–H and O–H groups in total. The van der Waals surface area contributed by atoms with E-state index in [1.54, 1.807) is 38.6 Å². The first-order valence-electron chi connectivity index (χ1n) is 10.5. The number of amides is 1. The Morgan fingerprint density at radius 2 is 1.76 bits per heavy atom. The molecule has 0 saturated carbocycles. The second-order valence-electron chi connectivity index (χ2n) is 7.79. The zero-order chi connectivity index (χ0) is 23.7. The third kappa shape index (κ3) is 3.95. The number of oxazole rings is 1. The summed E-state index contributed by atoms with van der Waals surface area (Å²) in [5.74, 6) is 1.06. The van der Waals surface area contributed by atoms with E-state index in [9.17, 15) is 4.79 Å². The lowest BCUT2D eigenvalue weighted by molar-refractivity contribution is 0.0827. The molecular weight excluding hydrogens is 432 g/mol. The van der Waals surface area contributed by atoms with Crippen LogP contribution in [0, 0.1) is 6.92 Å². The van der Waals surface area contributed by atoms with Crippen molar-refractivity contribution in [1.29, 1.82) is 0 Å². The van der Waals surface area contributed by atoms with E-state index in [1.807, 2.05) is 43.3 Å². The molecule has 0 aliphatic carbocycles. The number of aryl methyl sites for hydroxylation is 1. The van der Waals surface area contributed by atoms with Gasteiger partial charge in [0.25, 0.3) is 11.8 Å². The van der Waals surface area contributed by atoms with Gasteiger partial charge in [0.2, 0.25) is 5.89 Å². The Bertz CT molecular complexity index is 1470. The average molecular weight is 454 g/mol. The average Bonchev–Trinajstić information content (AvgIpc) is 3.57. The Hall–Kier alpha value is -4.66. The van der Waals surface area contributed by atoms with Gasteiger partial charge in [-0.05, 0) is 31.2 Å².